The highest BCUT2D eigenvalue weighted by Gasteiger charge is 2.15. The molecule has 0 saturated heterocycles. The van der Waals surface area contributed by atoms with Crippen LogP contribution in [0, 0.1) is 10.1 Å². The number of nitrogens with two attached hydrogens (primary N) is 1. The summed E-state index contributed by atoms with van der Waals surface area (Å²) in [5.74, 6) is -0.319. The standard InChI is InChI=1S/C8H17N5O4/c1-8(2,3)17-7(14)11-5-4-10-6(9)12-13(15)16/h4-5H2,1-3H3,(H,11,14)(H3,9,10,12). The van der Waals surface area contributed by atoms with E-state index in [1.54, 1.807) is 20.8 Å². The maximum absolute atomic E-state index is 11.2. The van der Waals surface area contributed by atoms with E-state index in [0.717, 1.165) is 0 Å². The molecule has 0 aromatic carbocycles. The Morgan fingerprint density at radius 3 is 2.41 bits per heavy atom. The third-order valence-electron chi connectivity index (χ3n) is 1.29. The lowest BCUT2D eigenvalue weighted by Gasteiger charge is -2.19. The van der Waals surface area contributed by atoms with Crippen LogP contribution in [0.4, 0.5) is 4.79 Å². The zero-order valence-corrected chi connectivity index (χ0v) is 10.0. The number of nitro groups is 1. The van der Waals surface area contributed by atoms with Gasteiger partial charge in [0, 0.05) is 13.1 Å². The summed E-state index contributed by atoms with van der Waals surface area (Å²) >= 11 is 0. The van der Waals surface area contributed by atoms with Crippen LogP contribution in [0.5, 0.6) is 0 Å². The number of nitrogens with one attached hydrogen (secondary N) is 2. The summed E-state index contributed by atoms with van der Waals surface area (Å²) in [4.78, 5) is 21.1. The second-order valence-corrected chi connectivity index (χ2v) is 4.08. The molecule has 0 saturated carbocycles. The Kier molecular flexibility index (Phi) is 5.72. The van der Waals surface area contributed by atoms with E-state index in [1.165, 1.54) is 0 Å². The summed E-state index contributed by atoms with van der Waals surface area (Å²) in [7, 11) is 0. The summed E-state index contributed by atoms with van der Waals surface area (Å²) in [5.41, 5.74) is 4.58. The summed E-state index contributed by atoms with van der Waals surface area (Å²) in [6, 6.07) is 0. The van der Waals surface area contributed by atoms with Gasteiger partial charge in [-0.2, -0.15) is 0 Å². The minimum absolute atomic E-state index is 0.211. The van der Waals surface area contributed by atoms with Crippen LogP contribution in [0.15, 0.2) is 5.10 Å². The second kappa shape index (κ2) is 6.51. The number of hydrazone groups is 1. The molecule has 0 aromatic heterocycles. The highest BCUT2D eigenvalue weighted by Crippen LogP contribution is 2.05. The third kappa shape index (κ3) is 10.2. The van der Waals surface area contributed by atoms with E-state index in [0.29, 0.717) is 0 Å². The zero-order chi connectivity index (χ0) is 13.5. The second-order valence-electron chi connectivity index (χ2n) is 4.08. The number of alkyl carbamates (subject to hydrolysis) is 1. The Balaban J connectivity index is 3.72. The number of carbonyl (C=O) groups is 1. The molecule has 17 heavy (non-hydrogen) atoms. The van der Waals surface area contributed by atoms with E-state index < -0.39 is 16.7 Å². The molecule has 0 fully saturated rings. The van der Waals surface area contributed by atoms with Crippen LogP contribution in [0.1, 0.15) is 20.8 Å². The maximum atomic E-state index is 11.2. The molecule has 0 spiro atoms. The number of hydrogen-bond acceptors (Lipinski definition) is 4. The molecule has 0 bridgehead atoms. The molecular weight excluding hydrogens is 230 g/mol. The Morgan fingerprint density at radius 1 is 1.41 bits per heavy atom. The van der Waals surface area contributed by atoms with Crippen molar-refractivity contribution in [2.24, 2.45) is 10.8 Å². The molecule has 0 rings (SSSR count). The number of hydrogen-bond donors (Lipinski definition) is 3. The normalized spacial score (nSPS) is 11.8. The first kappa shape index (κ1) is 14.9. The molecule has 98 valence electrons. The van der Waals surface area contributed by atoms with Gasteiger partial charge in [0.25, 0.3) is 5.96 Å². The topological polar surface area (TPSA) is 132 Å². The minimum atomic E-state index is -0.913. The fraction of sp³-hybridized carbons (Fsp3) is 0.750. The van der Waals surface area contributed by atoms with Crippen molar-refractivity contribution in [2.45, 2.75) is 26.4 Å². The largest absolute Gasteiger partial charge is 0.444 e. The van der Waals surface area contributed by atoms with E-state index >= 15 is 0 Å². The highest BCUT2D eigenvalue weighted by atomic mass is 16.7. The predicted octanol–water partition coefficient (Wildman–Crippen LogP) is -0.393. The van der Waals surface area contributed by atoms with Gasteiger partial charge in [-0.25, -0.2) is 14.9 Å². The SMILES string of the molecule is CC(C)(C)OC(=O)NCCN/C(N)=N/[N+](=O)[O-]. The van der Waals surface area contributed by atoms with Gasteiger partial charge < -0.3 is 21.1 Å². The van der Waals surface area contributed by atoms with E-state index in [9.17, 15) is 14.9 Å². The van der Waals surface area contributed by atoms with Crippen LogP contribution >= 0.6 is 0 Å². The monoisotopic (exact) mass is 247 g/mol. The molecule has 0 radical (unpaired) electrons. The van der Waals surface area contributed by atoms with Gasteiger partial charge in [-0.05, 0) is 20.8 Å². The van der Waals surface area contributed by atoms with Crippen molar-refractivity contribution in [3.63, 3.8) is 0 Å². The summed E-state index contributed by atoms with van der Waals surface area (Å²) in [6.45, 7) is 5.65. The molecule has 0 aliphatic carbocycles. The van der Waals surface area contributed by atoms with Crippen LogP contribution in [-0.2, 0) is 4.74 Å². The quantitative estimate of drug-likeness (QED) is 0.204. The number of amides is 1. The number of carbonyl (C=O) groups excluding carboxylic acids is 1. The van der Waals surface area contributed by atoms with Gasteiger partial charge in [0.05, 0.1) is 0 Å². The lowest BCUT2D eigenvalue weighted by molar-refractivity contribution is -0.485. The van der Waals surface area contributed by atoms with Crippen molar-refractivity contribution in [3.05, 3.63) is 10.1 Å². The van der Waals surface area contributed by atoms with E-state index in [4.69, 9.17) is 10.5 Å². The first-order chi connectivity index (χ1) is 7.70. The molecule has 9 nitrogen and oxygen atoms in total. The first-order valence-electron chi connectivity index (χ1n) is 4.90. The summed E-state index contributed by atoms with van der Waals surface area (Å²) in [6.07, 6.45) is -0.566. The Hall–Kier alpha value is -2.06. The molecule has 0 atom stereocenters. The Labute approximate surface area is 98.5 Å². The molecular formula is C8H17N5O4. The van der Waals surface area contributed by atoms with Gasteiger partial charge in [-0.3, -0.25) is 0 Å². The number of guanidine groups is 1. The van der Waals surface area contributed by atoms with Crippen LogP contribution in [0.25, 0.3) is 0 Å². The van der Waals surface area contributed by atoms with Crippen molar-refractivity contribution in [1.29, 1.82) is 0 Å². The van der Waals surface area contributed by atoms with Gasteiger partial charge in [-0.15, -0.1) is 0 Å². The van der Waals surface area contributed by atoms with Crippen molar-refractivity contribution in [1.82, 2.24) is 10.6 Å². The van der Waals surface area contributed by atoms with Crippen molar-refractivity contribution in [2.75, 3.05) is 13.1 Å². The average molecular weight is 247 g/mol. The molecule has 0 aliphatic heterocycles. The summed E-state index contributed by atoms with van der Waals surface area (Å²) < 4.78 is 4.96. The van der Waals surface area contributed by atoms with Crippen LogP contribution in [0.2, 0.25) is 0 Å². The minimum Gasteiger partial charge on any atom is -0.444 e. The van der Waals surface area contributed by atoms with Crippen LogP contribution in [-0.4, -0.2) is 35.8 Å². The van der Waals surface area contributed by atoms with Gasteiger partial charge in [0.2, 0.25) is 0 Å². The smallest absolute Gasteiger partial charge is 0.407 e. The van der Waals surface area contributed by atoms with Crippen molar-refractivity contribution in [3.8, 4) is 0 Å². The molecule has 1 amide bonds. The molecule has 9 heteroatoms. The summed E-state index contributed by atoms with van der Waals surface area (Å²) in [5, 5.41) is 16.7. The van der Waals surface area contributed by atoms with Gasteiger partial charge in [0.1, 0.15) is 10.7 Å². The highest BCUT2D eigenvalue weighted by molar-refractivity contribution is 5.77. The van der Waals surface area contributed by atoms with Gasteiger partial charge >= 0.3 is 6.09 Å². The predicted molar refractivity (Wildman–Crippen MR) is 60.9 cm³/mol. The molecule has 0 heterocycles. The van der Waals surface area contributed by atoms with E-state index in [-0.39, 0.29) is 19.0 Å². The lowest BCUT2D eigenvalue weighted by atomic mass is 10.2. The van der Waals surface area contributed by atoms with Gasteiger partial charge in [-0.1, -0.05) is 0 Å². The third-order valence-corrected chi connectivity index (χ3v) is 1.29. The van der Waals surface area contributed by atoms with Gasteiger partial charge in [0.15, 0.2) is 5.03 Å². The Morgan fingerprint density at radius 2 is 1.94 bits per heavy atom. The number of nitrogens with zero attached hydrogens (tertiary/aromatic N) is 2. The maximum Gasteiger partial charge on any atom is 0.407 e. The number of rotatable bonds is 4. The molecule has 4 N–H and O–H groups in total. The van der Waals surface area contributed by atoms with Crippen LogP contribution in [0.3, 0.4) is 0 Å². The van der Waals surface area contributed by atoms with Crippen LogP contribution < -0.4 is 16.4 Å². The first-order valence-corrected chi connectivity index (χ1v) is 4.90. The van der Waals surface area contributed by atoms with Crippen molar-refractivity contribution >= 4 is 12.1 Å². The fourth-order valence-corrected chi connectivity index (χ4v) is 0.793. The average Bonchev–Trinajstić information content (AvgIpc) is 2.08. The molecule has 0 unspecified atom stereocenters. The zero-order valence-electron chi connectivity index (χ0n) is 10.0. The fourth-order valence-electron chi connectivity index (χ4n) is 0.793. The van der Waals surface area contributed by atoms with E-state index in [2.05, 4.69) is 15.7 Å². The molecule has 0 aliphatic rings. The van der Waals surface area contributed by atoms with E-state index in [1.807, 2.05) is 0 Å². The van der Waals surface area contributed by atoms with Crippen molar-refractivity contribution < 1.29 is 14.6 Å². The molecule has 0 aromatic rings. The number of ether oxygens (including phenoxy) is 1. The lowest BCUT2D eigenvalue weighted by Crippen LogP contribution is -2.40. The Bertz CT molecular complexity index is 310.